The first-order valence-electron chi connectivity index (χ1n) is 6.39. The predicted molar refractivity (Wildman–Crippen MR) is 72.4 cm³/mol. The third-order valence-electron chi connectivity index (χ3n) is 3.29. The van der Waals surface area contributed by atoms with Gasteiger partial charge in [0.05, 0.1) is 17.9 Å². The largest absolute Gasteiger partial charge is 0.488 e. The van der Waals surface area contributed by atoms with Gasteiger partial charge in [-0.05, 0) is 25.5 Å². The first-order valence-corrected chi connectivity index (χ1v) is 6.39. The first-order chi connectivity index (χ1) is 9.22. The molecule has 5 heteroatoms. The van der Waals surface area contributed by atoms with Gasteiger partial charge in [0.1, 0.15) is 11.9 Å². The molecule has 2 heterocycles. The number of nitrogens with zero attached hydrogens (tertiary/aromatic N) is 3. The van der Waals surface area contributed by atoms with Gasteiger partial charge < -0.3 is 10.1 Å². The average Bonchev–Trinajstić information content (AvgIpc) is 2.83. The molecule has 1 aliphatic rings. The number of nitrogens with one attached hydrogen (secondary N) is 1. The van der Waals surface area contributed by atoms with Crippen LogP contribution in [0.25, 0.3) is 0 Å². The molecule has 0 spiro atoms. The maximum absolute atomic E-state index is 5.84. The molecule has 2 aromatic rings. The quantitative estimate of drug-likeness (QED) is 0.909. The highest BCUT2D eigenvalue weighted by Crippen LogP contribution is 2.27. The Bertz CT molecular complexity index is 575. The van der Waals surface area contributed by atoms with Gasteiger partial charge in [0.2, 0.25) is 5.95 Å². The minimum atomic E-state index is 0.127. The monoisotopic (exact) mass is 256 g/mol. The number of aromatic nitrogens is 3. The third-order valence-corrected chi connectivity index (χ3v) is 3.29. The molecule has 0 radical (unpaired) electrons. The van der Waals surface area contributed by atoms with E-state index in [1.807, 2.05) is 32.0 Å². The molecule has 0 saturated heterocycles. The van der Waals surface area contributed by atoms with Gasteiger partial charge in [-0.25, -0.2) is 4.98 Å². The summed E-state index contributed by atoms with van der Waals surface area (Å²) >= 11 is 0. The Balaban J connectivity index is 1.61. The van der Waals surface area contributed by atoms with Crippen LogP contribution in [0.5, 0.6) is 5.75 Å². The molecule has 1 atom stereocenters. The molecule has 5 nitrogen and oxygen atoms in total. The van der Waals surface area contributed by atoms with Gasteiger partial charge in [-0.2, -0.15) is 5.10 Å². The SMILES string of the molecule is Cc1nnc(NCC2Cc3ccccc3O2)nc1C. The third kappa shape index (κ3) is 2.50. The van der Waals surface area contributed by atoms with Gasteiger partial charge in [0, 0.05) is 6.42 Å². The fourth-order valence-corrected chi connectivity index (χ4v) is 2.10. The second kappa shape index (κ2) is 4.84. The van der Waals surface area contributed by atoms with Gasteiger partial charge in [0.15, 0.2) is 0 Å². The van der Waals surface area contributed by atoms with Crippen LogP contribution in [0.15, 0.2) is 24.3 Å². The number of para-hydroxylation sites is 1. The summed E-state index contributed by atoms with van der Waals surface area (Å²) in [5.41, 5.74) is 3.01. The van der Waals surface area contributed by atoms with Crippen LogP contribution in [0, 0.1) is 13.8 Å². The number of hydrogen-bond donors (Lipinski definition) is 1. The number of rotatable bonds is 3. The minimum Gasteiger partial charge on any atom is -0.488 e. The molecule has 0 bridgehead atoms. The van der Waals surface area contributed by atoms with Crippen molar-refractivity contribution in [1.29, 1.82) is 0 Å². The molecule has 0 aliphatic carbocycles. The van der Waals surface area contributed by atoms with Crippen molar-refractivity contribution < 1.29 is 4.74 Å². The van der Waals surface area contributed by atoms with E-state index in [0.29, 0.717) is 12.5 Å². The van der Waals surface area contributed by atoms with Crippen LogP contribution < -0.4 is 10.1 Å². The molecule has 0 fully saturated rings. The Labute approximate surface area is 112 Å². The average molecular weight is 256 g/mol. The number of benzene rings is 1. The minimum absolute atomic E-state index is 0.127. The number of anilines is 1. The molecule has 1 aliphatic heterocycles. The zero-order valence-corrected chi connectivity index (χ0v) is 11.1. The summed E-state index contributed by atoms with van der Waals surface area (Å²) in [6.07, 6.45) is 1.05. The van der Waals surface area contributed by atoms with E-state index in [2.05, 4.69) is 26.6 Å². The Hall–Kier alpha value is -2.17. The fraction of sp³-hybridized carbons (Fsp3) is 0.357. The Morgan fingerprint density at radius 1 is 1.21 bits per heavy atom. The summed E-state index contributed by atoms with van der Waals surface area (Å²) in [7, 11) is 0. The topological polar surface area (TPSA) is 59.9 Å². The molecule has 1 N–H and O–H groups in total. The lowest BCUT2D eigenvalue weighted by Crippen LogP contribution is -2.25. The van der Waals surface area contributed by atoms with Gasteiger partial charge in [-0.3, -0.25) is 0 Å². The molecular weight excluding hydrogens is 240 g/mol. The van der Waals surface area contributed by atoms with E-state index >= 15 is 0 Å². The zero-order valence-electron chi connectivity index (χ0n) is 11.1. The molecular formula is C14H16N4O. The van der Waals surface area contributed by atoms with Crippen LogP contribution >= 0.6 is 0 Å². The lowest BCUT2D eigenvalue weighted by Gasteiger charge is -2.11. The van der Waals surface area contributed by atoms with E-state index < -0.39 is 0 Å². The van der Waals surface area contributed by atoms with Crippen molar-refractivity contribution >= 4 is 5.95 Å². The zero-order chi connectivity index (χ0) is 13.2. The molecule has 1 aromatic carbocycles. The van der Waals surface area contributed by atoms with Crippen molar-refractivity contribution in [3.63, 3.8) is 0 Å². The summed E-state index contributed by atoms with van der Waals surface area (Å²) in [5, 5.41) is 11.2. The number of fused-ring (bicyclic) bond motifs is 1. The van der Waals surface area contributed by atoms with Crippen molar-refractivity contribution in [2.75, 3.05) is 11.9 Å². The Morgan fingerprint density at radius 2 is 2.05 bits per heavy atom. The van der Waals surface area contributed by atoms with Crippen molar-refractivity contribution in [3.8, 4) is 5.75 Å². The lowest BCUT2D eigenvalue weighted by atomic mass is 10.1. The van der Waals surface area contributed by atoms with Crippen LogP contribution in [0.2, 0.25) is 0 Å². The number of aryl methyl sites for hydroxylation is 2. The van der Waals surface area contributed by atoms with Crippen molar-refractivity contribution in [2.24, 2.45) is 0 Å². The van der Waals surface area contributed by atoms with Gasteiger partial charge in [-0.15, -0.1) is 5.10 Å². The lowest BCUT2D eigenvalue weighted by molar-refractivity contribution is 0.246. The van der Waals surface area contributed by atoms with Gasteiger partial charge in [-0.1, -0.05) is 18.2 Å². The highest BCUT2D eigenvalue weighted by Gasteiger charge is 2.22. The molecule has 3 rings (SSSR count). The van der Waals surface area contributed by atoms with Crippen LogP contribution in [0.3, 0.4) is 0 Å². The highest BCUT2D eigenvalue weighted by atomic mass is 16.5. The van der Waals surface area contributed by atoms with Crippen molar-refractivity contribution in [3.05, 3.63) is 41.2 Å². The van der Waals surface area contributed by atoms with E-state index in [1.165, 1.54) is 5.56 Å². The van der Waals surface area contributed by atoms with E-state index in [1.54, 1.807) is 0 Å². The highest BCUT2D eigenvalue weighted by molar-refractivity contribution is 5.38. The van der Waals surface area contributed by atoms with Crippen LogP contribution in [-0.2, 0) is 6.42 Å². The first kappa shape index (κ1) is 11.9. The number of ether oxygens (including phenoxy) is 1. The van der Waals surface area contributed by atoms with E-state index in [4.69, 9.17) is 4.74 Å². The maximum atomic E-state index is 5.84. The summed E-state index contributed by atoms with van der Waals surface area (Å²) in [6, 6.07) is 8.13. The second-order valence-electron chi connectivity index (χ2n) is 4.74. The van der Waals surface area contributed by atoms with Crippen molar-refractivity contribution in [1.82, 2.24) is 15.2 Å². The summed E-state index contributed by atoms with van der Waals surface area (Å²) in [4.78, 5) is 4.34. The molecule has 19 heavy (non-hydrogen) atoms. The predicted octanol–water partition coefficient (Wildman–Crippen LogP) is 1.90. The standard InChI is InChI=1S/C14H16N4O/c1-9-10(2)17-18-14(16-9)15-8-12-7-11-5-3-4-6-13(11)19-12/h3-6,12H,7-8H2,1-2H3,(H,15,16,18). The van der Waals surface area contributed by atoms with E-state index in [9.17, 15) is 0 Å². The second-order valence-corrected chi connectivity index (χ2v) is 4.74. The molecule has 0 saturated carbocycles. The van der Waals surface area contributed by atoms with Crippen molar-refractivity contribution in [2.45, 2.75) is 26.4 Å². The van der Waals surface area contributed by atoms with Crippen LogP contribution in [-0.4, -0.2) is 27.8 Å². The Morgan fingerprint density at radius 3 is 2.84 bits per heavy atom. The Kier molecular flexibility index (Phi) is 3.03. The van der Waals surface area contributed by atoms with Crippen LogP contribution in [0.4, 0.5) is 5.95 Å². The smallest absolute Gasteiger partial charge is 0.243 e. The van der Waals surface area contributed by atoms with E-state index in [-0.39, 0.29) is 6.10 Å². The molecule has 1 unspecified atom stereocenters. The maximum Gasteiger partial charge on any atom is 0.243 e. The van der Waals surface area contributed by atoms with E-state index in [0.717, 1.165) is 23.6 Å². The molecule has 0 amide bonds. The number of hydrogen-bond acceptors (Lipinski definition) is 5. The van der Waals surface area contributed by atoms with Gasteiger partial charge >= 0.3 is 0 Å². The summed E-state index contributed by atoms with van der Waals surface area (Å²) in [6.45, 7) is 4.51. The fourth-order valence-electron chi connectivity index (χ4n) is 2.10. The molecule has 98 valence electrons. The van der Waals surface area contributed by atoms with Gasteiger partial charge in [0.25, 0.3) is 0 Å². The van der Waals surface area contributed by atoms with Crippen LogP contribution in [0.1, 0.15) is 17.0 Å². The summed E-state index contributed by atoms with van der Waals surface area (Å²) < 4.78 is 5.84. The molecule has 1 aromatic heterocycles. The summed E-state index contributed by atoms with van der Waals surface area (Å²) in [5.74, 6) is 1.54. The normalized spacial score (nSPS) is 16.8.